The van der Waals surface area contributed by atoms with E-state index in [0.717, 1.165) is 46.3 Å². The third kappa shape index (κ3) is 4.25. The Morgan fingerprint density at radius 2 is 1.77 bits per heavy atom. The fourth-order valence-electron chi connectivity index (χ4n) is 4.88. The zero-order valence-corrected chi connectivity index (χ0v) is 20.3. The van der Waals surface area contributed by atoms with Gasteiger partial charge in [-0.2, -0.15) is 0 Å². The summed E-state index contributed by atoms with van der Waals surface area (Å²) < 4.78 is 3.47. The molecule has 1 fully saturated rings. The van der Waals surface area contributed by atoms with Gasteiger partial charge in [-0.15, -0.1) is 11.3 Å². The van der Waals surface area contributed by atoms with Crippen molar-refractivity contribution in [2.45, 2.75) is 45.1 Å². The van der Waals surface area contributed by atoms with Gasteiger partial charge in [-0.05, 0) is 43.2 Å². The molecule has 1 saturated carbocycles. The second-order valence-electron chi connectivity index (χ2n) is 9.04. The first kappa shape index (κ1) is 21.7. The smallest absolute Gasteiger partial charge is 0.221 e. The number of hydrogen-bond donors (Lipinski definition) is 2. The molecule has 6 rings (SSSR count). The second kappa shape index (κ2) is 9.11. The molecular weight excluding hydrogens is 456 g/mol. The highest BCUT2D eigenvalue weighted by Crippen LogP contribution is 2.36. The predicted octanol–water partition coefficient (Wildman–Crippen LogP) is 6.92. The number of amides is 1. The average molecular weight is 483 g/mol. The molecule has 0 saturated heterocycles. The van der Waals surface area contributed by atoms with E-state index in [1.165, 1.54) is 30.9 Å². The molecule has 0 bridgehead atoms. The van der Waals surface area contributed by atoms with Crippen molar-refractivity contribution in [3.8, 4) is 11.4 Å². The molecule has 0 spiro atoms. The van der Waals surface area contributed by atoms with Crippen LogP contribution in [0.1, 0.15) is 45.1 Å². The van der Waals surface area contributed by atoms with E-state index in [1.807, 2.05) is 30.6 Å². The number of rotatable bonds is 5. The van der Waals surface area contributed by atoms with Gasteiger partial charge in [0.15, 0.2) is 22.8 Å². The zero-order chi connectivity index (χ0) is 23.8. The summed E-state index contributed by atoms with van der Waals surface area (Å²) in [7, 11) is 0. The lowest BCUT2D eigenvalue weighted by Crippen LogP contribution is -2.12. The van der Waals surface area contributed by atoms with Crippen LogP contribution in [0.25, 0.3) is 32.6 Å². The van der Waals surface area contributed by atoms with Gasteiger partial charge in [0.2, 0.25) is 5.91 Å². The summed E-state index contributed by atoms with van der Waals surface area (Å²) in [4.78, 5) is 26.1. The Hall–Kier alpha value is -3.78. The highest BCUT2D eigenvalue weighted by atomic mass is 32.1. The Bertz CT molecular complexity index is 1510. The summed E-state index contributed by atoms with van der Waals surface area (Å²) >= 11 is 1.71. The Balaban J connectivity index is 1.46. The fraction of sp³-hybridized carbons (Fsp3) is 0.259. The molecule has 1 aliphatic rings. The first-order valence-electron chi connectivity index (χ1n) is 12.0. The van der Waals surface area contributed by atoms with E-state index in [0.29, 0.717) is 17.7 Å². The van der Waals surface area contributed by atoms with Crippen LogP contribution >= 0.6 is 11.3 Å². The zero-order valence-electron chi connectivity index (χ0n) is 19.5. The third-order valence-corrected chi connectivity index (χ3v) is 7.54. The summed E-state index contributed by atoms with van der Waals surface area (Å²) in [6.45, 7) is 1.50. The topological polar surface area (TPSA) is 84.7 Å². The lowest BCUT2D eigenvalue weighted by atomic mass is 9.95. The van der Waals surface area contributed by atoms with Crippen LogP contribution in [0.3, 0.4) is 0 Å². The van der Waals surface area contributed by atoms with E-state index < -0.39 is 0 Å². The molecule has 1 aliphatic carbocycles. The van der Waals surface area contributed by atoms with Gasteiger partial charge >= 0.3 is 0 Å². The fourth-order valence-corrected chi connectivity index (χ4v) is 5.82. The van der Waals surface area contributed by atoms with Gasteiger partial charge in [-0.3, -0.25) is 4.79 Å². The molecule has 3 heterocycles. The van der Waals surface area contributed by atoms with Crippen LogP contribution in [0.15, 0.2) is 60.2 Å². The lowest BCUT2D eigenvalue weighted by molar-refractivity contribution is -0.114. The minimum Gasteiger partial charge on any atom is -0.338 e. The first-order chi connectivity index (χ1) is 17.2. The van der Waals surface area contributed by atoms with Crippen LogP contribution in [0, 0.1) is 0 Å². The van der Waals surface area contributed by atoms with Crippen LogP contribution in [-0.4, -0.2) is 25.4 Å². The molecule has 2 aromatic carbocycles. The molecule has 1 amide bonds. The number of carbonyl (C=O) groups excluding carboxylic acids is 1. The first-order valence-corrected chi connectivity index (χ1v) is 12.9. The van der Waals surface area contributed by atoms with Gasteiger partial charge in [0.05, 0.1) is 6.33 Å². The van der Waals surface area contributed by atoms with Crippen molar-refractivity contribution in [1.29, 1.82) is 0 Å². The minimum atomic E-state index is -0.0934. The molecule has 0 unspecified atom stereocenters. The summed E-state index contributed by atoms with van der Waals surface area (Å²) in [5, 5.41) is 9.56. The summed E-state index contributed by atoms with van der Waals surface area (Å²) in [6, 6.07) is 16.4. The minimum absolute atomic E-state index is 0.0934. The molecule has 2 N–H and O–H groups in total. The number of thiophene rings is 1. The van der Waals surface area contributed by atoms with E-state index in [4.69, 9.17) is 15.0 Å². The standard InChI is InChI=1S/C27H26N6OS/c1-17(34)29-18-11-13-19(14-12-18)30-26-24-27(33(16-28-24)20-7-3-2-4-8-20)32-25(31-26)22-15-35-23-10-6-5-9-21(22)23/h5-6,9-16,20H,2-4,7-8H2,1H3,(H,29,34)(H,30,31,32). The summed E-state index contributed by atoms with van der Waals surface area (Å²) in [6.07, 6.45) is 8.01. The molecule has 176 valence electrons. The van der Waals surface area contributed by atoms with Crippen LogP contribution in [0.2, 0.25) is 0 Å². The number of imidazole rings is 1. The number of benzene rings is 2. The Morgan fingerprint density at radius 3 is 2.57 bits per heavy atom. The normalized spacial score (nSPS) is 14.4. The quantitative estimate of drug-likeness (QED) is 0.284. The van der Waals surface area contributed by atoms with Gasteiger partial charge in [0.1, 0.15) is 0 Å². The van der Waals surface area contributed by atoms with Crippen molar-refractivity contribution >= 4 is 55.7 Å². The second-order valence-corrected chi connectivity index (χ2v) is 9.95. The number of anilines is 3. The number of carbonyl (C=O) groups is 1. The monoisotopic (exact) mass is 482 g/mol. The maximum Gasteiger partial charge on any atom is 0.221 e. The van der Waals surface area contributed by atoms with Crippen molar-refractivity contribution < 1.29 is 4.79 Å². The van der Waals surface area contributed by atoms with Crippen molar-refractivity contribution in [2.75, 3.05) is 10.6 Å². The largest absolute Gasteiger partial charge is 0.338 e. The van der Waals surface area contributed by atoms with Gasteiger partial charge < -0.3 is 15.2 Å². The highest BCUT2D eigenvalue weighted by molar-refractivity contribution is 7.17. The molecular formula is C27H26N6OS. The molecule has 8 heteroatoms. The van der Waals surface area contributed by atoms with Gasteiger partial charge in [-0.25, -0.2) is 15.0 Å². The number of hydrogen-bond acceptors (Lipinski definition) is 6. The number of fused-ring (bicyclic) bond motifs is 2. The van der Waals surface area contributed by atoms with Gasteiger partial charge in [0, 0.05) is 45.4 Å². The average Bonchev–Trinajstić information content (AvgIpc) is 3.50. The van der Waals surface area contributed by atoms with Crippen LogP contribution in [-0.2, 0) is 4.79 Å². The molecule has 0 atom stereocenters. The molecule has 3 aromatic heterocycles. The maximum absolute atomic E-state index is 11.4. The molecule has 0 aliphatic heterocycles. The van der Waals surface area contributed by atoms with Gasteiger partial charge in [-0.1, -0.05) is 37.5 Å². The van der Waals surface area contributed by atoms with E-state index in [1.54, 1.807) is 11.3 Å². The Morgan fingerprint density at radius 1 is 1.00 bits per heavy atom. The van der Waals surface area contributed by atoms with E-state index >= 15 is 0 Å². The predicted molar refractivity (Wildman–Crippen MR) is 142 cm³/mol. The van der Waals surface area contributed by atoms with E-state index in [9.17, 15) is 4.79 Å². The number of aromatic nitrogens is 4. The van der Waals surface area contributed by atoms with Gasteiger partial charge in [0.25, 0.3) is 0 Å². The van der Waals surface area contributed by atoms with Crippen molar-refractivity contribution in [2.24, 2.45) is 0 Å². The van der Waals surface area contributed by atoms with Crippen LogP contribution < -0.4 is 10.6 Å². The van der Waals surface area contributed by atoms with Crippen LogP contribution in [0.5, 0.6) is 0 Å². The van der Waals surface area contributed by atoms with Crippen molar-refractivity contribution in [3.63, 3.8) is 0 Å². The lowest BCUT2D eigenvalue weighted by Gasteiger charge is -2.23. The maximum atomic E-state index is 11.4. The van der Waals surface area contributed by atoms with Crippen LogP contribution in [0.4, 0.5) is 17.2 Å². The Kier molecular flexibility index (Phi) is 5.66. The number of nitrogens with zero attached hydrogens (tertiary/aromatic N) is 4. The summed E-state index contributed by atoms with van der Waals surface area (Å²) in [5.41, 5.74) is 4.29. The molecule has 7 nitrogen and oxygen atoms in total. The van der Waals surface area contributed by atoms with E-state index in [-0.39, 0.29) is 5.91 Å². The highest BCUT2D eigenvalue weighted by Gasteiger charge is 2.22. The molecule has 5 aromatic rings. The number of nitrogens with one attached hydrogen (secondary N) is 2. The summed E-state index contributed by atoms with van der Waals surface area (Å²) in [5.74, 6) is 1.29. The Labute approximate surface area is 207 Å². The van der Waals surface area contributed by atoms with Crippen molar-refractivity contribution in [1.82, 2.24) is 19.5 Å². The molecule has 0 radical (unpaired) electrons. The van der Waals surface area contributed by atoms with Crippen molar-refractivity contribution in [3.05, 3.63) is 60.2 Å². The molecule has 35 heavy (non-hydrogen) atoms. The SMILES string of the molecule is CC(=O)Nc1ccc(Nc2nc(-c3csc4ccccc34)nc3c2ncn3C2CCCCC2)cc1. The third-order valence-electron chi connectivity index (χ3n) is 6.58. The van der Waals surface area contributed by atoms with E-state index in [2.05, 4.69) is 44.8 Å².